The van der Waals surface area contributed by atoms with Gasteiger partial charge in [-0.05, 0) is 56.0 Å². The van der Waals surface area contributed by atoms with E-state index in [4.69, 9.17) is 15.8 Å². The van der Waals surface area contributed by atoms with Gasteiger partial charge in [-0.15, -0.1) is 0 Å². The Morgan fingerprint density at radius 1 is 1.13 bits per heavy atom. The highest BCUT2D eigenvalue weighted by molar-refractivity contribution is 7.87. The summed E-state index contributed by atoms with van der Waals surface area (Å²) in [7, 11) is -4.10. The number of nitrogens with one attached hydrogen (secondary N) is 1. The number of carbonyl (C=O) groups is 1. The third-order valence-corrected chi connectivity index (χ3v) is 6.06. The van der Waals surface area contributed by atoms with Crippen LogP contribution in [0.5, 0.6) is 5.75 Å². The standard InChI is InChI=1S/C22H29ClN2O4S/c1-15(2)13-25(22(26)24-16(3)4)14-18-9-7-10-19(12-18)29-30(27,28)21-17(5)8-6-11-20(21)23/h6-12,15-16H,13-14H2,1-5H3,(H,24,26). The molecule has 164 valence electrons. The van der Waals surface area contributed by atoms with Crippen LogP contribution in [0.25, 0.3) is 0 Å². The van der Waals surface area contributed by atoms with E-state index in [1.54, 1.807) is 42.2 Å². The zero-order chi connectivity index (χ0) is 22.5. The highest BCUT2D eigenvalue weighted by Gasteiger charge is 2.23. The molecule has 2 aromatic rings. The molecule has 0 saturated heterocycles. The van der Waals surface area contributed by atoms with Crippen molar-refractivity contribution in [2.24, 2.45) is 5.92 Å². The maximum Gasteiger partial charge on any atom is 0.340 e. The van der Waals surface area contributed by atoms with E-state index in [1.807, 2.05) is 33.8 Å². The summed E-state index contributed by atoms with van der Waals surface area (Å²) in [4.78, 5) is 14.2. The first-order valence-corrected chi connectivity index (χ1v) is 11.6. The Morgan fingerprint density at radius 2 is 1.80 bits per heavy atom. The molecule has 2 rings (SSSR count). The number of halogens is 1. The van der Waals surface area contributed by atoms with Gasteiger partial charge >= 0.3 is 16.1 Å². The van der Waals surface area contributed by atoms with Crippen molar-refractivity contribution in [2.45, 2.75) is 52.1 Å². The summed E-state index contributed by atoms with van der Waals surface area (Å²) in [6.45, 7) is 10.4. The Kier molecular flexibility index (Phi) is 8.15. The lowest BCUT2D eigenvalue weighted by atomic mass is 10.1. The number of benzene rings is 2. The zero-order valence-corrected chi connectivity index (χ0v) is 19.5. The fourth-order valence-electron chi connectivity index (χ4n) is 3.02. The van der Waals surface area contributed by atoms with Crippen molar-refractivity contribution in [3.8, 4) is 5.75 Å². The first-order valence-electron chi connectivity index (χ1n) is 9.83. The van der Waals surface area contributed by atoms with Crippen molar-refractivity contribution in [1.29, 1.82) is 0 Å². The van der Waals surface area contributed by atoms with Gasteiger partial charge in [-0.2, -0.15) is 8.42 Å². The number of urea groups is 1. The van der Waals surface area contributed by atoms with E-state index in [1.165, 1.54) is 6.07 Å². The first-order chi connectivity index (χ1) is 14.0. The number of hydrogen-bond acceptors (Lipinski definition) is 4. The second-order valence-corrected chi connectivity index (χ2v) is 9.84. The van der Waals surface area contributed by atoms with Gasteiger partial charge < -0.3 is 14.4 Å². The van der Waals surface area contributed by atoms with Crippen molar-refractivity contribution in [2.75, 3.05) is 6.54 Å². The number of hydrogen-bond donors (Lipinski definition) is 1. The summed E-state index contributed by atoms with van der Waals surface area (Å²) in [5.41, 5.74) is 1.27. The summed E-state index contributed by atoms with van der Waals surface area (Å²) >= 11 is 6.09. The summed E-state index contributed by atoms with van der Waals surface area (Å²) in [5.74, 6) is 0.450. The predicted molar refractivity (Wildman–Crippen MR) is 119 cm³/mol. The molecule has 0 aliphatic heterocycles. The molecule has 0 aliphatic rings. The number of aryl methyl sites for hydroxylation is 1. The maximum absolute atomic E-state index is 12.8. The fraction of sp³-hybridized carbons (Fsp3) is 0.409. The molecule has 30 heavy (non-hydrogen) atoms. The monoisotopic (exact) mass is 452 g/mol. The Bertz CT molecular complexity index is 970. The molecular formula is C22H29ClN2O4S. The molecule has 0 fully saturated rings. The van der Waals surface area contributed by atoms with Crippen molar-refractivity contribution < 1.29 is 17.4 Å². The molecule has 0 spiro atoms. The minimum atomic E-state index is -4.10. The quantitative estimate of drug-likeness (QED) is 0.572. The number of carbonyl (C=O) groups excluding carboxylic acids is 1. The highest BCUT2D eigenvalue weighted by Crippen LogP contribution is 2.28. The van der Waals surface area contributed by atoms with Gasteiger partial charge in [-0.1, -0.05) is 49.7 Å². The van der Waals surface area contributed by atoms with Crippen LogP contribution in [0.1, 0.15) is 38.8 Å². The van der Waals surface area contributed by atoms with Gasteiger partial charge in [0.2, 0.25) is 0 Å². The van der Waals surface area contributed by atoms with E-state index >= 15 is 0 Å². The summed E-state index contributed by atoms with van der Waals surface area (Å²) in [6.07, 6.45) is 0. The molecule has 0 bridgehead atoms. The van der Waals surface area contributed by atoms with Gasteiger partial charge in [0, 0.05) is 19.1 Å². The molecule has 0 aromatic heterocycles. The van der Waals surface area contributed by atoms with Crippen LogP contribution in [0.3, 0.4) is 0 Å². The van der Waals surface area contributed by atoms with E-state index in [-0.39, 0.29) is 33.7 Å². The van der Waals surface area contributed by atoms with Gasteiger partial charge in [0.15, 0.2) is 0 Å². The Balaban J connectivity index is 2.25. The van der Waals surface area contributed by atoms with Crippen molar-refractivity contribution in [3.05, 3.63) is 58.6 Å². The van der Waals surface area contributed by atoms with Gasteiger partial charge in [-0.25, -0.2) is 4.79 Å². The molecule has 0 saturated carbocycles. The second kappa shape index (κ2) is 10.2. The summed E-state index contributed by atoms with van der Waals surface area (Å²) < 4.78 is 30.9. The highest BCUT2D eigenvalue weighted by atomic mass is 35.5. The molecule has 6 nitrogen and oxygen atoms in total. The number of nitrogens with zero attached hydrogens (tertiary/aromatic N) is 1. The number of rotatable bonds is 8. The zero-order valence-electron chi connectivity index (χ0n) is 18.0. The molecule has 0 radical (unpaired) electrons. The molecule has 2 aromatic carbocycles. The van der Waals surface area contributed by atoms with Gasteiger partial charge in [0.25, 0.3) is 0 Å². The summed E-state index contributed by atoms with van der Waals surface area (Å²) in [6, 6.07) is 11.4. The molecule has 0 aliphatic carbocycles. The van der Waals surface area contributed by atoms with Crippen LogP contribution in [0.2, 0.25) is 5.02 Å². The SMILES string of the molecule is Cc1cccc(Cl)c1S(=O)(=O)Oc1cccc(CN(CC(C)C)C(=O)NC(C)C)c1. The molecule has 8 heteroatoms. The third-order valence-electron chi connectivity index (χ3n) is 4.18. The van der Waals surface area contributed by atoms with Crippen LogP contribution in [0, 0.1) is 12.8 Å². The Morgan fingerprint density at radius 3 is 2.40 bits per heavy atom. The average Bonchev–Trinajstić information content (AvgIpc) is 2.59. The fourth-order valence-corrected chi connectivity index (χ4v) is 4.73. The van der Waals surface area contributed by atoms with Crippen LogP contribution in [0.15, 0.2) is 47.4 Å². The largest absolute Gasteiger partial charge is 0.379 e. The first kappa shape index (κ1) is 24.0. The van der Waals surface area contributed by atoms with Crippen LogP contribution >= 0.6 is 11.6 Å². The summed E-state index contributed by atoms with van der Waals surface area (Å²) in [5, 5.41) is 3.01. The van der Waals surface area contributed by atoms with E-state index in [2.05, 4.69) is 5.32 Å². The molecule has 2 amide bonds. The van der Waals surface area contributed by atoms with E-state index in [9.17, 15) is 13.2 Å². The van der Waals surface area contributed by atoms with E-state index in [0.717, 1.165) is 5.56 Å². The molecule has 0 heterocycles. The lowest BCUT2D eigenvalue weighted by Gasteiger charge is -2.26. The number of amides is 2. The molecule has 0 unspecified atom stereocenters. The minimum absolute atomic E-state index is 0.0193. The predicted octanol–water partition coefficient (Wildman–Crippen LogP) is 4.99. The topological polar surface area (TPSA) is 75.7 Å². The average molecular weight is 453 g/mol. The smallest absolute Gasteiger partial charge is 0.340 e. The van der Waals surface area contributed by atoms with Crippen molar-refractivity contribution in [3.63, 3.8) is 0 Å². The van der Waals surface area contributed by atoms with Gasteiger partial charge in [0.1, 0.15) is 10.6 Å². The van der Waals surface area contributed by atoms with Crippen molar-refractivity contribution in [1.82, 2.24) is 10.2 Å². The third kappa shape index (κ3) is 6.64. The van der Waals surface area contributed by atoms with Crippen LogP contribution in [0.4, 0.5) is 4.79 Å². The maximum atomic E-state index is 12.8. The lowest BCUT2D eigenvalue weighted by Crippen LogP contribution is -2.44. The molecule has 1 N–H and O–H groups in total. The van der Waals surface area contributed by atoms with Crippen LogP contribution in [-0.4, -0.2) is 31.9 Å². The van der Waals surface area contributed by atoms with Crippen LogP contribution in [-0.2, 0) is 16.7 Å². The van der Waals surface area contributed by atoms with Gasteiger partial charge in [0.05, 0.1) is 5.02 Å². The van der Waals surface area contributed by atoms with E-state index in [0.29, 0.717) is 18.7 Å². The molecule has 0 atom stereocenters. The van der Waals surface area contributed by atoms with Crippen LogP contribution < -0.4 is 9.50 Å². The van der Waals surface area contributed by atoms with Gasteiger partial charge in [-0.3, -0.25) is 0 Å². The Hall–Kier alpha value is -2.25. The second-order valence-electron chi connectivity index (χ2n) is 7.95. The normalized spacial score (nSPS) is 11.6. The minimum Gasteiger partial charge on any atom is -0.379 e. The lowest BCUT2D eigenvalue weighted by molar-refractivity contribution is 0.185. The Labute approximate surface area is 184 Å². The van der Waals surface area contributed by atoms with Crippen molar-refractivity contribution >= 4 is 27.8 Å². The molecular weight excluding hydrogens is 424 g/mol. The van der Waals surface area contributed by atoms with E-state index < -0.39 is 10.1 Å².